The van der Waals surface area contributed by atoms with Crippen LogP contribution in [0.1, 0.15) is 28.4 Å². The molecule has 152 valence electrons. The molecule has 2 aromatic rings. The molecular formula is C19H24N2O5S2. The first-order chi connectivity index (χ1) is 13.0. The summed E-state index contributed by atoms with van der Waals surface area (Å²) in [5.74, 6) is -0.517. The SMILES string of the molecule is CCS(=O)(=O)CCNC(=O)c1ccc(NS(=O)(=O)c2cc(C)ccc2C)cc1. The lowest BCUT2D eigenvalue weighted by molar-refractivity contribution is 0.0956. The second kappa shape index (κ2) is 8.74. The van der Waals surface area contributed by atoms with Gasteiger partial charge in [-0.3, -0.25) is 9.52 Å². The fraction of sp³-hybridized carbons (Fsp3) is 0.316. The Hall–Kier alpha value is -2.39. The molecule has 0 radical (unpaired) electrons. The quantitative estimate of drug-likeness (QED) is 0.676. The Morgan fingerprint density at radius 3 is 2.21 bits per heavy atom. The molecule has 9 heteroatoms. The van der Waals surface area contributed by atoms with Gasteiger partial charge >= 0.3 is 0 Å². The molecule has 0 fully saturated rings. The largest absolute Gasteiger partial charge is 0.351 e. The van der Waals surface area contributed by atoms with Crippen LogP contribution in [0.25, 0.3) is 0 Å². The van der Waals surface area contributed by atoms with Crippen molar-refractivity contribution < 1.29 is 21.6 Å². The predicted octanol–water partition coefficient (Wildman–Crippen LogP) is 2.27. The van der Waals surface area contributed by atoms with Gasteiger partial charge in [0.2, 0.25) is 0 Å². The van der Waals surface area contributed by atoms with Gasteiger partial charge < -0.3 is 5.32 Å². The van der Waals surface area contributed by atoms with Crippen molar-refractivity contribution in [1.82, 2.24) is 5.32 Å². The van der Waals surface area contributed by atoms with E-state index in [1.165, 1.54) is 24.3 Å². The lowest BCUT2D eigenvalue weighted by atomic mass is 10.2. The summed E-state index contributed by atoms with van der Waals surface area (Å²) >= 11 is 0. The maximum Gasteiger partial charge on any atom is 0.262 e. The number of rotatable bonds is 8. The van der Waals surface area contributed by atoms with Gasteiger partial charge in [0, 0.05) is 23.5 Å². The topological polar surface area (TPSA) is 109 Å². The predicted molar refractivity (Wildman–Crippen MR) is 110 cm³/mol. The van der Waals surface area contributed by atoms with Crippen molar-refractivity contribution in [3.8, 4) is 0 Å². The Morgan fingerprint density at radius 2 is 1.61 bits per heavy atom. The summed E-state index contributed by atoms with van der Waals surface area (Å²) in [5.41, 5.74) is 2.11. The lowest BCUT2D eigenvalue weighted by Gasteiger charge is -2.12. The minimum absolute atomic E-state index is 0.0238. The average Bonchev–Trinajstić information content (AvgIpc) is 2.63. The van der Waals surface area contributed by atoms with Crippen molar-refractivity contribution in [2.75, 3.05) is 22.8 Å². The van der Waals surface area contributed by atoms with Crippen LogP contribution in [0.5, 0.6) is 0 Å². The Kier molecular flexibility index (Phi) is 6.84. The molecule has 2 N–H and O–H groups in total. The van der Waals surface area contributed by atoms with E-state index in [-0.39, 0.29) is 22.9 Å². The van der Waals surface area contributed by atoms with Crippen LogP contribution in [0, 0.1) is 13.8 Å². The molecule has 7 nitrogen and oxygen atoms in total. The normalized spacial score (nSPS) is 11.8. The fourth-order valence-corrected chi connectivity index (χ4v) is 4.55. The van der Waals surface area contributed by atoms with Crippen LogP contribution < -0.4 is 10.0 Å². The summed E-state index contributed by atoms with van der Waals surface area (Å²) < 4.78 is 50.6. The van der Waals surface area contributed by atoms with E-state index in [4.69, 9.17) is 0 Å². The molecule has 0 aliphatic carbocycles. The first-order valence-electron chi connectivity index (χ1n) is 8.73. The molecule has 0 aliphatic rings. The van der Waals surface area contributed by atoms with Gasteiger partial charge in [0.15, 0.2) is 9.84 Å². The Morgan fingerprint density at radius 1 is 0.964 bits per heavy atom. The van der Waals surface area contributed by atoms with Crippen LogP contribution in [-0.4, -0.2) is 40.8 Å². The third-order valence-corrected chi connectivity index (χ3v) is 7.40. The molecule has 0 atom stereocenters. The Balaban J connectivity index is 2.06. The molecule has 0 spiro atoms. The van der Waals surface area contributed by atoms with E-state index in [0.717, 1.165) is 5.56 Å². The highest BCUT2D eigenvalue weighted by atomic mass is 32.2. The van der Waals surface area contributed by atoms with Crippen molar-refractivity contribution in [2.24, 2.45) is 0 Å². The van der Waals surface area contributed by atoms with Crippen LogP contribution in [-0.2, 0) is 19.9 Å². The number of sulfone groups is 1. The lowest BCUT2D eigenvalue weighted by Crippen LogP contribution is -2.29. The highest BCUT2D eigenvalue weighted by molar-refractivity contribution is 7.92. The molecule has 0 aliphatic heterocycles. The van der Waals surface area contributed by atoms with Gasteiger partial charge in [0.1, 0.15) is 0 Å². The number of carbonyl (C=O) groups is 1. The molecular weight excluding hydrogens is 400 g/mol. The fourth-order valence-electron chi connectivity index (χ4n) is 2.46. The van der Waals surface area contributed by atoms with Crippen LogP contribution in [0.2, 0.25) is 0 Å². The second-order valence-electron chi connectivity index (χ2n) is 6.44. The van der Waals surface area contributed by atoms with Crippen molar-refractivity contribution >= 4 is 31.5 Å². The van der Waals surface area contributed by atoms with E-state index >= 15 is 0 Å². The van der Waals surface area contributed by atoms with E-state index < -0.39 is 25.8 Å². The van der Waals surface area contributed by atoms with Gasteiger partial charge in [0.05, 0.1) is 10.6 Å². The number of carbonyl (C=O) groups excluding carboxylic acids is 1. The van der Waals surface area contributed by atoms with Gasteiger partial charge in [-0.05, 0) is 55.3 Å². The number of benzene rings is 2. The molecule has 2 rings (SSSR count). The summed E-state index contributed by atoms with van der Waals surface area (Å²) in [5, 5.41) is 2.54. The molecule has 0 saturated heterocycles. The maximum atomic E-state index is 12.6. The first-order valence-corrected chi connectivity index (χ1v) is 12.0. The van der Waals surface area contributed by atoms with E-state index in [9.17, 15) is 21.6 Å². The smallest absolute Gasteiger partial charge is 0.262 e. The minimum atomic E-state index is -3.75. The summed E-state index contributed by atoms with van der Waals surface area (Å²) in [7, 11) is -6.90. The number of nitrogens with one attached hydrogen (secondary N) is 2. The molecule has 0 aromatic heterocycles. The average molecular weight is 425 g/mol. The van der Waals surface area contributed by atoms with Crippen LogP contribution >= 0.6 is 0 Å². The molecule has 0 bridgehead atoms. The number of hydrogen-bond donors (Lipinski definition) is 2. The Bertz CT molecular complexity index is 1060. The van der Waals surface area contributed by atoms with Crippen LogP contribution in [0.3, 0.4) is 0 Å². The van der Waals surface area contributed by atoms with E-state index in [1.807, 2.05) is 13.0 Å². The molecule has 0 saturated carbocycles. The maximum absolute atomic E-state index is 12.6. The number of aryl methyl sites for hydroxylation is 2. The summed E-state index contributed by atoms with van der Waals surface area (Å²) in [6.07, 6.45) is 0. The first kappa shape index (κ1) is 21.9. The molecule has 2 aromatic carbocycles. The monoisotopic (exact) mass is 424 g/mol. The standard InChI is InChI=1S/C19H24N2O5S2/c1-4-27(23,24)12-11-20-19(22)16-7-9-17(10-8-16)21-28(25,26)18-13-14(2)5-6-15(18)3/h5-10,13,21H,4,11-12H2,1-3H3,(H,20,22). The van der Waals surface area contributed by atoms with E-state index in [0.29, 0.717) is 16.8 Å². The zero-order valence-corrected chi connectivity index (χ0v) is 17.7. The van der Waals surface area contributed by atoms with Crippen LogP contribution in [0.15, 0.2) is 47.4 Å². The van der Waals surface area contributed by atoms with Crippen molar-refractivity contribution in [1.29, 1.82) is 0 Å². The van der Waals surface area contributed by atoms with Gasteiger partial charge in [-0.1, -0.05) is 19.1 Å². The summed E-state index contributed by atoms with van der Waals surface area (Å²) in [6.45, 7) is 5.11. The number of amides is 1. The van der Waals surface area contributed by atoms with Crippen molar-refractivity contribution in [3.05, 3.63) is 59.2 Å². The second-order valence-corrected chi connectivity index (χ2v) is 10.6. The van der Waals surface area contributed by atoms with E-state index in [2.05, 4.69) is 10.0 Å². The zero-order valence-electron chi connectivity index (χ0n) is 16.0. The highest BCUT2D eigenvalue weighted by Gasteiger charge is 2.17. The van der Waals surface area contributed by atoms with Crippen molar-refractivity contribution in [3.63, 3.8) is 0 Å². The molecule has 0 unspecified atom stereocenters. The third-order valence-electron chi connectivity index (χ3n) is 4.17. The number of sulfonamides is 1. The van der Waals surface area contributed by atoms with Crippen molar-refractivity contribution in [2.45, 2.75) is 25.7 Å². The summed E-state index contributed by atoms with van der Waals surface area (Å²) in [6, 6.07) is 11.1. The third kappa shape index (κ3) is 5.80. The Labute approximate surface area is 166 Å². The van der Waals surface area contributed by atoms with Gasteiger partial charge in [-0.25, -0.2) is 16.8 Å². The molecule has 28 heavy (non-hydrogen) atoms. The minimum Gasteiger partial charge on any atom is -0.351 e. The molecule has 0 heterocycles. The molecule has 1 amide bonds. The van der Waals surface area contributed by atoms with Crippen LogP contribution in [0.4, 0.5) is 5.69 Å². The number of hydrogen-bond acceptors (Lipinski definition) is 5. The number of anilines is 1. The van der Waals surface area contributed by atoms with Gasteiger partial charge in [-0.2, -0.15) is 0 Å². The van der Waals surface area contributed by atoms with Gasteiger partial charge in [0.25, 0.3) is 15.9 Å². The zero-order chi connectivity index (χ0) is 20.9. The highest BCUT2D eigenvalue weighted by Crippen LogP contribution is 2.21. The summed E-state index contributed by atoms with van der Waals surface area (Å²) in [4.78, 5) is 12.3. The van der Waals surface area contributed by atoms with Gasteiger partial charge in [-0.15, -0.1) is 0 Å². The van der Waals surface area contributed by atoms with E-state index in [1.54, 1.807) is 26.0 Å².